The molecule has 0 aliphatic rings. The number of amides is 1. The number of nitriles is 1. The third-order valence-corrected chi connectivity index (χ3v) is 2.71. The Bertz CT molecular complexity index is 710. The van der Waals surface area contributed by atoms with Gasteiger partial charge in [0.25, 0.3) is 0 Å². The van der Waals surface area contributed by atoms with E-state index in [-0.39, 0.29) is 23.5 Å². The number of nitrogens with zero attached hydrogens (tertiary/aromatic N) is 1. The number of halogens is 2. The zero-order chi connectivity index (χ0) is 15.2. The molecule has 0 aliphatic carbocycles. The first-order valence-electron chi connectivity index (χ1n) is 6.08. The van der Waals surface area contributed by atoms with Crippen LogP contribution < -0.4 is 10.6 Å². The van der Waals surface area contributed by atoms with Crippen LogP contribution in [0.4, 0.5) is 20.2 Å². The Balaban J connectivity index is 2.01. The Kier molecular flexibility index (Phi) is 4.46. The summed E-state index contributed by atoms with van der Waals surface area (Å²) in [5, 5.41) is 13.9. The summed E-state index contributed by atoms with van der Waals surface area (Å²) in [6.45, 7) is -0.216. The molecule has 0 bridgehead atoms. The largest absolute Gasteiger partial charge is 0.375 e. The molecular weight excluding hydrogens is 276 g/mol. The highest BCUT2D eigenvalue weighted by atomic mass is 19.1. The smallest absolute Gasteiger partial charge is 0.243 e. The number of benzene rings is 2. The third-order valence-electron chi connectivity index (χ3n) is 2.71. The van der Waals surface area contributed by atoms with Crippen LogP contribution >= 0.6 is 0 Å². The zero-order valence-electron chi connectivity index (χ0n) is 10.9. The van der Waals surface area contributed by atoms with Crippen molar-refractivity contribution < 1.29 is 13.6 Å². The van der Waals surface area contributed by atoms with Crippen LogP contribution in [0.5, 0.6) is 0 Å². The lowest BCUT2D eigenvalue weighted by molar-refractivity contribution is -0.114. The van der Waals surface area contributed by atoms with Crippen molar-refractivity contribution in [2.45, 2.75) is 0 Å². The third kappa shape index (κ3) is 3.54. The monoisotopic (exact) mass is 287 g/mol. The van der Waals surface area contributed by atoms with E-state index in [1.807, 2.05) is 0 Å². The van der Waals surface area contributed by atoms with Gasteiger partial charge in [-0.1, -0.05) is 18.2 Å². The summed E-state index contributed by atoms with van der Waals surface area (Å²) < 4.78 is 26.7. The summed E-state index contributed by atoms with van der Waals surface area (Å²) in [5.74, 6) is -1.72. The second kappa shape index (κ2) is 6.48. The highest BCUT2D eigenvalue weighted by Crippen LogP contribution is 2.17. The lowest BCUT2D eigenvalue weighted by Crippen LogP contribution is -2.22. The first-order valence-corrected chi connectivity index (χ1v) is 6.08. The summed E-state index contributed by atoms with van der Waals surface area (Å²) in [6, 6.07) is 11.5. The van der Waals surface area contributed by atoms with Crippen LogP contribution in [-0.2, 0) is 4.79 Å². The van der Waals surface area contributed by atoms with E-state index in [9.17, 15) is 13.6 Å². The minimum Gasteiger partial charge on any atom is -0.375 e. The Morgan fingerprint density at radius 2 is 1.71 bits per heavy atom. The van der Waals surface area contributed by atoms with Gasteiger partial charge in [0.15, 0.2) is 0 Å². The van der Waals surface area contributed by atoms with Crippen molar-refractivity contribution >= 4 is 17.3 Å². The molecule has 2 rings (SSSR count). The number of hydrogen-bond donors (Lipinski definition) is 2. The van der Waals surface area contributed by atoms with E-state index in [1.54, 1.807) is 12.1 Å². The first kappa shape index (κ1) is 14.5. The highest BCUT2D eigenvalue weighted by molar-refractivity contribution is 5.94. The molecular formula is C15H11F2N3O. The van der Waals surface area contributed by atoms with E-state index in [4.69, 9.17) is 5.26 Å². The second-order valence-electron chi connectivity index (χ2n) is 4.16. The number of carbonyl (C=O) groups excluding carboxylic acids is 1. The molecule has 106 valence electrons. The molecule has 2 aromatic rings. The van der Waals surface area contributed by atoms with Gasteiger partial charge < -0.3 is 10.6 Å². The van der Waals surface area contributed by atoms with Crippen LogP contribution in [-0.4, -0.2) is 12.5 Å². The highest BCUT2D eigenvalue weighted by Gasteiger charge is 2.10. The maximum absolute atomic E-state index is 13.4. The molecule has 4 nitrogen and oxygen atoms in total. The van der Waals surface area contributed by atoms with Crippen LogP contribution in [0.3, 0.4) is 0 Å². The fraction of sp³-hybridized carbons (Fsp3) is 0.0667. The molecule has 0 atom stereocenters. The van der Waals surface area contributed by atoms with Crippen molar-refractivity contribution in [2.75, 3.05) is 17.2 Å². The Morgan fingerprint density at radius 1 is 1.05 bits per heavy atom. The van der Waals surface area contributed by atoms with E-state index in [0.29, 0.717) is 0 Å². The summed E-state index contributed by atoms with van der Waals surface area (Å²) in [4.78, 5) is 11.7. The van der Waals surface area contributed by atoms with Gasteiger partial charge in [-0.05, 0) is 24.3 Å². The Labute approximate surface area is 120 Å². The molecule has 0 aliphatic heterocycles. The van der Waals surface area contributed by atoms with Gasteiger partial charge in [0.2, 0.25) is 5.91 Å². The van der Waals surface area contributed by atoms with E-state index in [0.717, 1.165) is 6.07 Å². The maximum Gasteiger partial charge on any atom is 0.243 e. The molecule has 0 saturated carbocycles. The maximum atomic E-state index is 13.4. The van der Waals surface area contributed by atoms with Crippen LogP contribution in [0.2, 0.25) is 0 Å². The van der Waals surface area contributed by atoms with Gasteiger partial charge in [0.1, 0.15) is 23.3 Å². The molecule has 0 unspecified atom stereocenters. The average molecular weight is 287 g/mol. The van der Waals surface area contributed by atoms with E-state index >= 15 is 0 Å². The van der Waals surface area contributed by atoms with Crippen LogP contribution in [0, 0.1) is 23.0 Å². The van der Waals surface area contributed by atoms with E-state index in [2.05, 4.69) is 10.6 Å². The minimum absolute atomic E-state index is 0.0593. The molecule has 0 heterocycles. The topological polar surface area (TPSA) is 64.9 Å². The molecule has 0 aromatic heterocycles. The SMILES string of the molecule is N#Cc1c(F)cccc1NCC(=O)Nc1ccccc1F. The average Bonchev–Trinajstić information content (AvgIpc) is 2.47. The van der Waals surface area contributed by atoms with Gasteiger partial charge >= 0.3 is 0 Å². The van der Waals surface area contributed by atoms with E-state index < -0.39 is 17.5 Å². The van der Waals surface area contributed by atoms with Crippen LogP contribution in [0.1, 0.15) is 5.56 Å². The molecule has 0 saturated heterocycles. The predicted molar refractivity (Wildman–Crippen MR) is 74.6 cm³/mol. The van der Waals surface area contributed by atoms with Gasteiger partial charge in [-0.2, -0.15) is 5.26 Å². The number of nitrogens with one attached hydrogen (secondary N) is 2. The zero-order valence-corrected chi connectivity index (χ0v) is 10.9. The van der Waals surface area contributed by atoms with Crippen molar-refractivity contribution in [1.82, 2.24) is 0 Å². The van der Waals surface area contributed by atoms with Gasteiger partial charge in [0, 0.05) is 0 Å². The summed E-state index contributed by atoms with van der Waals surface area (Å²) >= 11 is 0. The molecule has 2 aromatic carbocycles. The van der Waals surface area contributed by atoms with Crippen molar-refractivity contribution in [2.24, 2.45) is 0 Å². The fourth-order valence-corrected chi connectivity index (χ4v) is 1.72. The van der Waals surface area contributed by atoms with Gasteiger partial charge in [-0.15, -0.1) is 0 Å². The first-order chi connectivity index (χ1) is 10.1. The Morgan fingerprint density at radius 3 is 2.43 bits per heavy atom. The summed E-state index contributed by atoms with van der Waals surface area (Å²) in [6.07, 6.45) is 0. The number of hydrogen-bond acceptors (Lipinski definition) is 3. The van der Waals surface area contributed by atoms with Gasteiger partial charge in [0.05, 0.1) is 17.9 Å². The fourth-order valence-electron chi connectivity index (χ4n) is 1.72. The molecule has 0 radical (unpaired) electrons. The molecule has 0 spiro atoms. The number of para-hydroxylation sites is 1. The number of carbonyl (C=O) groups is 1. The normalized spacial score (nSPS) is 9.76. The lowest BCUT2D eigenvalue weighted by Gasteiger charge is -2.09. The minimum atomic E-state index is -0.669. The van der Waals surface area contributed by atoms with Crippen LogP contribution in [0.15, 0.2) is 42.5 Å². The van der Waals surface area contributed by atoms with Crippen molar-refractivity contribution in [1.29, 1.82) is 5.26 Å². The van der Waals surface area contributed by atoms with E-state index in [1.165, 1.54) is 30.3 Å². The standard InChI is InChI=1S/C15H11F2N3O/c16-11-5-3-7-13(10(11)8-18)19-9-15(21)20-14-6-2-1-4-12(14)17/h1-7,19H,9H2,(H,20,21). The molecule has 21 heavy (non-hydrogen) atoms. The van der Waals surface area contributed by atoms with Gasteiger partial charge in [-0.3, -0.25) is 4.79 Å². The van der Waals surface area contributed by atoms with Crippen molar-refractivity contribution in [3.63, 3.8) is 0 Å². The van der Waals surface area contributed by atoms with Crippen molar-refractivity contribution in [3.05, 3.63) is 59.7 Å². The molecule has 1 amide bonds. The number of rotatable bonds is 4. The molecule has 0 fully saturated rings. The molecule has 2 N–H and O–H groups in total. The lowest BCUT2D eigenvalue weighted by atomic mass is 10.2. The van der Waals surface area contributed by atoms with Gasteiger partial charge in [-0.25, -0.2) is 8.78 Å². The Hall–Kier alpha value is -2.94. The predicted octanol–water partition coefficient (Wildman–Crippen LogP) is 2.89. The summed E-state index contributed by atoms with van der Waals surface area (Å²) in [7, 11) is 0. The quantitative estimate of drug-likeness (QED) is 0.908. The number of anilines is 2. The summed E-state index contributed by atoms with van der Waals surface area (Å²) in [5.41, 5.74) is 0.0985. The second-order valence-corrected chi connectivity index (χ2v) is 4.16. The van der Waals surface area contributed by atoms with Crippen LogP contribution in [0.25, 0.3) is 0 Å². The van der Waals surface area contributed by atoms with Crippen molar-refractivity contribution in [3.8, 4) is 6.07 Å². The molecule has 6 heteroatoms.